The number of nitrogens with one attached hydrogen (secondary N) is 3. The second kappa shape index (κ2) is 13.0. The summed E-state index contributed by atoms with van der Waals surface area (Å²) in [5.74, 6) is -2.87. The van der Waals surface area contributed by atoms with Gasteiger partial charge in [-0.05, 0) is 43.0 Å². The summed E-state index contributed by atoms with van der Waals surface area (Å²) < 4.78 is 11.1. The van der Waals surface area contributed by atoms with Gasteiger partial charge in [0.15, 0.2) is 0 Å². The van der Waals surface area contributed by atoms with Crippen LogP contribution in [0.15, 0.2) is 54.6 Å². The van der Waals surface area contributed by atoms with E-state index in [1.807, 2.05) is 30.3 Å². The van der Waals surface area contributed by atoms with Crippen LogP contribution in [0.1, 0.15) is 54.9 Å². The highest BCUT2D eigenvalue weighted by molar-refractivity contribution is 6.01. The van der Waals surface area contributed by atoms with Crippen LogP contribution in [0.4, 0.5) is 5.69 Å². The van der Waals surface area contributed by atoms with Crippen molar-refractivity contribution in [2.75, 3.05) is 11.9 Å². The minimum absolute atomic E-state index is 0.00613. The Morgan fingerprint density at radius 1 is 1.00 bits per heavy atom. The van der Waals surface area contributed by atoms with Gasteiger partial charge in [0, 0.05) is 31.1 Å². The maximum Gasteiger partial charge on any atom is 0.310 e. The first-order valence-corrected chi connectivity index (χ1v) is 14.2. The summed E-state index contributed by atoms with van der Waals surface area (Å²) in [7, 11) is 0. The van der Waals surface area contributed by atoms with Crippen LogP contribution < -0.4 is 16.0 Å². The fourth-order valence-electron chi connectivity index (χ4n) is 5.43. The molecular formula is C30H33N5O8. The Balaban J connectivity index is 1.29. The number of cyclic esters (lactones) is 1. The van der Waals surface area contributed by atoms with Crippen molar-refractivity contribution in [2.45, 2.75) is 70.1 Å². The normalized spacial score (nSPS) is 23.6. The second-order valence-electron chi connectivity index (χ2n) is 10.7. The van der Waals surface area contributed by atoms with Crippen LogP contribution in [0, 0.1) is 0 Å². The minimum Gasteiger partial charge on any atom is -0.433 e. The van der Waals surface area contributed by atoms with Crippen LogP contribution in [0.5, 0.6) is 0 Å². The first-order chi connectivity index (χ1) is 20.7. The van der Waals surface area contributed by atoms with Crippen LogP contribution in [0.25, 0.3) is 0 Å². The van der Waals surface area contributed by atoms with E-state index in [4.69, 9.17) is 9.47 Å². The molecule has 0 saturated carbocycles. The molecule has 0 radical (unpaired) electrons. The van der Waals surface area contributed by atoms with Gasteiger partial charge in [0.05, 0.1) is 13.0 Å². The fourth-order valence-corrected chi connectivity index (χ4v) is 5.43. The van der Waals surface area contributed by atoms with Crippen molar-refractivity contribution in [3.05, 3.63) is 65.7 Å². The topological polar surface area (TPSA) is 163 Å². The van der Waals surface area contributed by atoms with Crippen molar-refractivity contribution in [2.24, 2.45) is 0 Å². The number of hydrogen-bond acceptors (Lipinski definition) is 8. The highest BCUT2D eigenvalue weighted by atomic mass is 16.7. The zero-order valence-corrected chi connectivity index (χ0v) is 23.6. The van der Waals surface area contributed by atoms with E-state index in [0.29, 0.717) is 12.1 Å². The van der Waals surface area contributed by atoms with E-state index in [-0.39, 0.29) is 56.2 Å². The highest BCUT2D eigenvalue weighted by Crippen LogP contribution is 2.26. The Morgan fingerprint density at radius 3 is 2.56 bits per heavy atom. The molecule has 3 N–H and O–H groups in total. The molecule has 2 aromatic carbocycles. The van der Waals surface area contributed by atoms with Gasteiger partial charge >= 0.3 is 5.97 Å². The molecule has 3 saturated heterocycles. The van der Waals surface area contributed by atoms with Crippen molar-refractivity contribution in [1.82, 2.24) is 20.7 Å². The summed E-state index contributed by atoms with van der Waals surface area (Å²) in [6, 6.07) is 12.6. The molecule has 2 aromatic rings. The molecule has 43 heavy (non-hydrogen) atoms. The Kier molecular flexibility index (Phi) is 9.00. The summed E-state index contributed by atoms with van der Waals surface area (Å²) in [5, 5.41) is 10.5. The predicted molar refractivity (Wildman–Crippen MR) is 150 cm³/mol. The van der Waals surface area contributed by atoms with Gasteiger partial charge in [-0.15, -0.1) is 0 Å². The number of rotatable bonds is 8. The Bertz CT molecular complexity index is 1420. The standard InChI is InChI=1S/C30H33N5O8/c1-18(36)31-21-10-5-9-20(15-21)27(39)32-22-12-13-25(37)34-14-6-11-24(35(34)29(22)41)28(40)33-23-16-26(38)43-30(23)42-17-19-7-3-2-4-8-19/h2-5,7-10,15,22-24,30H,6,11-14,16-17H2,1H3,(H,31,36)(H,32,39)(H,33,40)/t22-,23-,24-,30?/m0/s1. The minimum atomic E-state index is -1.07. The van der Waals surface area contributed by atoms with Gasteiger partial charge in [0.25, 0.3) is 11.8 Å². The van der Waals surface area contributed by atoms with E-state index in [1.54, 1.807) is 12.1 Å². The molecule has 13 nitrogen and oxygen atoms in total. The molecule has 3 heterocycles. The van der Waals surface area contributed by atoms with Gasteiger partial charge in [0.1, 0.15) is 18.1 Å². The quantitative estimate of drug-likeness (QED) is 0.386. The largest absolute Gasteiger partial charge is 0.433 e. The summed E-state index contributed by atoms with van der Waals surface area (Å²) in [6.07, 6.45) is -0.320. The molecule has 4 atom stereocenters. The van der Waals surface area contributed by atoms with Crippen LogP contribution in [0.2, 0.25) is 0 Å². The number of hydrazine groups is 1. The lowest BCUT2D eigenvalue weighted by atomic mass is 10.0. The van der Waals surface area contributed by atoms with Crippen molar-refractivity contribution < 1.29 is 38.2 Å². The third-order valence-electron chi connectivity index (χ3n) is 7.46. The number of anilines is 1. The first-order valence-electron chi connectivity index (χ1n) is 14.2. The third-order valence-corrected chi connectivity index (χ3v) is 7.46. The molecule has 226 valence electrons. The van der Waals surface area contributed by atoms with Crippen molar-refractivity contribution in [3.63, 3.8) is 0 Å². The summed E-state index contributed by atoms with van der Waals surface area (Å²) in [4.78, 5) is 77.0. The highest BCUT2D eigenvalue weighted by Gasteiger charge is 2.46. The lowest BCUT2D eigenvalue weighted by molar-refractivity contribution is -0.177. The van der Waals surface area contributed by atoms with E-state index in [0.717, 1.165) is 10.6 Å². The lowest BCUT2D eigenvalue weighted by Crippen LogP contribution is -2.64. The van der Waals surface area contributed by atoms with Gasteiger partial charge < -0.3 is 25.4 Å². The molecule has 0 spiro atoms. The van der Waals surface area contributed by atoms with Crippen LogP contribution in [-0.2, 0) is 40.1 Å². The van der Waals surface area contributed by atoms with E-state index < -0.39 is 48.1 Å². The maximum absolute atomic E-state index is 13.8. The zero-order valence-electron chi connectivity index (χ0n) is 23.6. The van der Waals surface area contributed by atoms with Gasteiger partial charge in [-0.2, -0.15) is 0 Å². The van der Waals surface area contributed by atoms with Gasteiger partial charge in [-0.25, -0.2) is 5.01 Å². The third kappa shape index (κ3) is 7.00. The van der Waals surface area contributed by atoms with Crippen LogP contribution in [-0.4, -0.2) is 76.5 Å². The molecule has 5 amide bonds. The lowest BCUT2D eigenvalue weighted by Gasteiger charge is -2.43. The summed E-state index contributed by atoms with van der Waals surface area (Å²) in [5.41, 5.74) is 1.50. The molecule has 0 aromatic heterocycles. The summed E-state index contributed by atoms with van der Waals surface area (Å²) in [6.45, 7) is 1.76. The van der Waals surface area contributed by atoms with Crippen molar-refractivity contribution in [3.8, 4) is 0 Å². The van der Waals surface area contributed by atoms with Crippen molar-refractivity contribution in [1.29, 1.82) is 0 Å². The van der Waals surface area contributed by atoms with Gasteiger partial charge in [-0.1, -0.05) is 36.4 Å². The molecule has 0 aliphatic carbocycles. The van der Waals surface area contributed by atoms with Crippen LogP contribution >= 0.6 is 0 Å². The molecule has 13 heteroatoms. The average molecular weight is 592 g/mol. The number of ether oxygens (including phenoxy) is 2. The number of amides is 5. The zero-order chi connectivity index (χ0) is 30.5. The predicted octanol–water partition coefficient (Wildman–Crippen LogP) is 1.25. The molecule has 3 aliphatic heterocycles. The number of hydrogen-bond donors (Lipinski definition) is 3. The number of carbonyl (C=O) groups excluding carboxylic acids is 6. The Morgan fingerprint density at radius 2 is 1.79 bits per heavy atom. The fraction of sp³-hybridized carbons (Fsp3) is 0.400. The van der Waals surface area contributed by atoms with E-state index in [9.17, 15) is 28.8 Å². The first kappa shape index (κ1) is 29.7. The summed E-state index contributed by atoms with van der Waals surface area (Å²) >= 11 is 0. The maximum atomic E-state index is 13.8. The molecular weight excluding hydrogens is 558 g/mol. The smallest absolute Gasteiger partial charge is 0.310 e. The Hall–Kier alpha value is -4.78. The molecule has 3 aliphatic rings. The van der Waals surface area contributed by atoms with Gasteiger partial charge in [-0.3, -0.25) is 33.8 Å². The van der Waals surface area contributed by atoms with Gasteiger partial charge in [0.2, 0.25) is 24.0 Å². The monoisotopic (exact) mass is 591 g/mol. The number of fused-ring (bicyclic) bond motifs is 1. The Labute approximate surface area is 247 Å². The number of nitrogens with zero attached hydrogens (tertiary/aromatic N) is 2. The average Bonchev–Trinajstić information content (AvgIpc) is 3.29. The van der Waals surface area contributed by atoms with E-state index in [2.05, 4.69) is 16.0 Å². The SMILES string of the molecule is CC(=O)Nc1cccc(C(=O)N[C@H]2CCC(=O)N3CCC[C@@H](C(=O)N[C@H]4CC(=O)OC4OCc4ccccc4)N3C2=O)c1. The van der Waals surface area contributed by atoms with Crippen molar-refractivity contribution >= 4 is 41.2 Å². The molecule has 5 rings (SSSR count). The molecule has 0 bridgehead atoms. The number of benzene rings is 2. The van der Waals surface area contributed by atoms with Crippen LogP contribution in [0.3, 0.4) is 0 Å². The molecule has 3 fully saturated rings. The number of carbonyl (C=O) groups is 6. The molecule has 1 unspecified atom stereocenters. The van der Waals surface area contributed by atoms with E-state index >= 15 is 0 Å². The second-order valence-corrected chi connectivity index (χ2v) is 10.7. The number of esters is 1. The van der Waals surface area contributed by atoms with E-state index in [1.165, 1.54) is 24.1 Å².